The first kappa shape index (κ1) is 28.1. The van der Waals surface area contributed by atoms with Crippen molar-refractivity contribution >= 4 is 43.1 Å². The molecule has 0 aromatic heterocycles. The van der Waals surface area contributed by atoms with Gasteiger partial charge in [-0.15, -0.1) is 0 Å². The zero-order valence-electron chi connectivity index (χ0n) is 27.7. The predicted molar refractivity (Wildman–Crippen MR) is 210 cm³/mol. The van der Waals surface area contributed by atoms with E-state index in [1.807, 2.05) is 0 Å². The van der Waals surface area contributed by atoms with Gasteiger partial charge in [-0.2, -0.15) is 0 Å². The van der Waals surface area contributed by atoms with Gasteiger partial charge in [-0.25, -0.2) is 0 Å². The molecule has 0 heterocycles. The van der Waals surface area contributed by atoms with E-state index >= 15 is 0 Å². The lowest BCUT2D eigenvalue weighted by Gasteiger charge is -2.23. The molecule has 0 radical (unpaired) electrons. The zero-order valence-corrected chi connectivity index (χ0v) is 27.7. The van der Waals surface area contributed by atoms with Crippen LogP contribution in [0, 0.1) is 0 Å². The van der Waals surface area contributed by atoms with Gasteiger partial charge >= 0.3 is 0 Å². The van der Waals surface area contributed by atoms with Crippen molar-refractivity contribution in [3.8, 4) is 44.5 Å². The van der Waals surface area contributed by atoms with E-state index in [0.717, 1.165) is 0 Å². The van der Waals surface area contributed by atoms with Crippen LogP contribution in [0.15, 0.2) is 170 Å². The minimum absolute atomic E-state index is 0.118. The fourth-order valence-electron chi connectivity index (χ4n) is 8.53. The standard InChI is InChI=1S/C49H34/c1-49(2)47-29-34(33-22-21-31-11-3-4-12-32(31)27-33)23-25-44(47)45-26-24-36(30-48(45)49)38-17-9-19-41-40(38)18-10-20-43(41)46-28-35-13-5-6-14-37(35)39-15-7-8-16-42(39)46/h3-30H,1-2H3. The highest BCUT2D eigenvalue weighted by molar-refractivity contribution is 6.17. The van der Waals surface area contributed by atoms with E-state index in [2.05, 4.69) is 184 Å². The van der Waals surface area contributed by atoms with Gasteiger partial charge in [0, 0.05) is 5.41 Å². The fraction of sp³-hybridized carbons (Fsp3) is 0.0612. The molecule has 0 unspecified atom stereocenters. The Hall–Kier alpha value is -5.98. The van der Waals surface area contributed by atoms with Crippen LogP contribution >= 0.6 is 0 Å². The number of hydrogen-bond acceptors (Lipinski definition) is 0. The van der Waals surface area contributed by atoms with Crippen LogP contribution in [0.2, 0.25) is 0 Å². The Morgan fingerprint density at radius 3 is 1.57 bits per heavy atom. The Balaban J connectivity index is 1.09. The molecule has 10 rings (SSSR count). The minimum atomic E-state index is -0.118. The molecule has 230 valence electrons. The van der Waals surface area contributed by atoms with Crippen LogP contribution in [0.1, 0.15) is 25.0 Å². The molecule has 49 heavy (non-hydrogen) atoms. The van der Waals surface area contributed by atoms with Crippen LogP contribution < -0.4 is 0 Å². The van der Waals surface area contributed by atoms with Gasteiger partial charge in [0.15, 0.2) is 0 Å². The SMILES string of the molecule is CC1(C)c2cc(-c3ccc4ccccc4c3)ccc2-c2ccc(-c3cccc4c(-c5cc6ccccc6c6ccccc56)cccc34)cc21. The smallest absolute Gasteiger partial charge is 0.0159 e. The van der Waals surface area contributed by atoms with E-state index in [1.54, 1.807) is 0 Å². The predicted octanol–water partition coefficient (Wildman–Crippen LogP) is 13.6. The lowest BCUT2D eigenvalue weighted by Crippen LogP contribution is -2.15. The summed E-state index contributed by atoms with van der Waals surface area (Å²) in [4.78, 5) is 0. The Kier molecular flexibility index (Phi) is 6.02. The molecule has 0 N–H and O–H groups in total. The minimum Gasteiger partial charge on any atom is -0.0616 e. The van der Waals surface area contributed by atoms with E-state index in [0.29, 0.717) is 0 Å². The highest BCUT2D eigenvalue weighted by Crippen LogP contribution is 2.51. The highest BCUT2D eigenvalue weighted by atomic mass is 14.4. The summed E-state index contributed by atoms with van der Waals surface area (Å²) in [7, 11) is 0. The molecule has 0 nitrogen and oxygen atoms in total. The molecule has 0 amide bonds. The maximum atomic E-state index is 2.46. The number of benzene rings is 9. The molecular formula is C49H34. The normalized spacial score (nSPS) is 13.3. The monoisotopic (exact) mass is 622 g/mol. The van der Waals surface area contributed by atoms with Crippen molar-refractivity contribution < 1.29 is 0 Å². The Labute approximate surface area is 286 Å². The van der Waals surface area contributed by atoms with E-state index in [1.165, 1.54) is 98.7 Å². The maximum Gasteiger partial charge on any atom is 0.0159 e. The van der Waals surface area contributed by atoms with Gasteiger partial charge in [-0.05, 0) is 123 Å². The van der Waals surface area contributed by atoms with E-state index in [-0.39, 0.29) is 5.41 Å². The third-order valence-electron chi connectivity index (χ3n) is 11.1. The summed E-state index contributed by atoms with van der Waals surface area (Å²) in [6, 6.07) is 63.2. The molecule has 0 atom stereocenters. The molecule has 0 saturated carbocycles. The van der Waals surface area contributed by atoms with Crippen LogP contribution in [0.5, 0.6) is 0 Å². The van der Waals surface area contributed by atoms with E-state index in [9.17, 15) is 0 Å². The number of rotatable bonds is 3. The van der Waals surface area contributed by atoms with Crippen molar-refractivity contribution in [2.45, 2.75) is 19.3 Å². The molecular weight excluding hydrogens is 589 g/mol. The Morgan fingerprint density at radius 1 is 0.286 bits per heavy atom. The second-order valence-electron chi connectivity index (χ2n) is 14.1. The molecule has 0 spiro atoms. The van der Waals surface area contributed by atoms with E-state index < -0.39 is 0 Å². The van der Waals surface area contributed by atoms with Gasteiger partial charge in [0.25, 0.3) is 0 Å². The number of hydrogen-bond donors (Lipinski definition) is 0. The van der Waals surface area contributed by atoms with Gasteiger partial charge in [-0.1, -0.05) is 159 Å². The average Bonchev–Trinajstić information content (AvgIpc) is 3.38. The fourth-order valence-corrected chi connectivity index (χ4v) is 8.53. The van der Waals surface area contributed by atoms with Crippen LogP contribution in [0.25, 0.3) is 87.6 Å². The summed E-state index contributed by atoms with van der Waals surface area (Å²) in [6.07, 6.45) is 0. The van der Waals surface area contributed by atoms with Gasteiger partial charge in [0.1, 0.15) is 0 Å². The molecule has 1 aliphatic carbocycles. The van der Waals surface area contributed by atoms with Crippen molar-refractivity contribution in [2.75, 3.05) is 0 Å². The van der Waals surface area contributed by atoms with Crippen molar-refractivity contribution in [1.82, 2.24) is 0 Å². The lowest BCUT2D eigenvalue weighted by atomic mass is 9.80. The van der Waals surface area contributed by atoms with E-state index in [4.69, 9.17) is 0 Å². The topological polar surface area (TPSA) is 0 Å². The molecule has 0 bridgehead atoms. The summed E-state index contributed by atoms with van der Waals surface area (Å²) < 4.78 is 0. The van der Waals surface area contributed by atoms with Gasteiger partial charge < -0.3 is 0 Å². The Bertz CT molecular complexity index is 2800. The molecule has 9 aromatic rings. The van der Waals surface area contributed by atoms with Crippen LogP contribution in [-0.4, -0.2) is 0 Å². The maximum absolute atomic E-state index is 2.46. The third kappa shape index (κ3) is 4.24. The van der Waals surface area contributed by atoms with Crippen molar-refractivity contribution in [3.05, 3.63) is 181 Å². The van der Waals surface area contributed by atoms with Gasteiger partial charge in [-0.3, -0.25) is 0 Å². The second kappa shape index (κ2) is 10.5. The van der Waals surface area contributed by atoms with Crippen molar-refractivity contribution in [3.63, 3.8) is 0 Å². The summed E-state index contributed by atoms with van der Waals surface area (Å²) in [5.74, 6) is 0. The summed E-state index contributed by atoms with van der Waals surface area (Å²) in [6.45, 7) is 4.77. The third-order valence-corrected chi connectivity index (χ3v) is 11.1. The van der Waals surface area contributed by atoms with Crippen LogP contribution in [0.4, 0.5) is 0 Å². The first-order valence-electron chi connectivity index (χ1n) is 17.3. The van der Waals surface area contributed by atoms with Gasteiger partial charge in [0.2, 0.25) is 0 Å². The largest absolute Gasteiger partial charge is 0.0616 e. The first-order valence-corrected chi connectivity index (χ1v) is 17.3. The first-order chi connectivity index (χ1) is 24.0. The molecule has 0 heteroatoms. The van der Waals surface area contributed by atoms with Crippen LogP contribution in [0.3, 0.4) is 0 Å². The molecule has 0 aliphatic heterocycles. The summed E-state index contributed by atoms with van der Waals surface area (Å²) >= 11 is 0. The summed E-state index contributed by atoms with van der Waals surface area (Å²) in [5.41, 5.74) is 13.0. The lowest BCUT2D eigenvalue weighted by molar-refractivity contribution is 0.661. The number of fused-ring (bicyclic) bond motifs is 8. The van der Waals surface area contributed by atoms with Crippen molar-refractivity contribution in [1.29, 1.82) is 0 Å². The quantitative estimate of drug-likeness (QED) is 0.172. The average molecular weight is 623 g/mol. The Morgan fingerprint density at radius 2 is 0.796 bits per heavy atom. The van der Waals surface area contributed by atoms with Crippen molar-refractivity contribution in [2.24, 2.45) is 0 Å². The van der Waals surface area contributed by atoms with Gasteiger partial charge in [0.05, 0.1) is 0 Å². The zero-order chi connectivity index (χ0) is 32.7. The molecule has 9 aromatic carbocycles. The molecule has 1 aliphatic rings. The van der Waals surface area contributed by atoms with Crippen LogP contribution in [-0.2, 0) is 5.41 Å². The second-order valence-corrected chi connectivity index (χ2v) is 14.1. The molecule has 0 fully saturated rings. The highest BCUT2D eigenvalue weighted by Gasteiger charge is 2.36. The summed E-state index contributed by atoms with van der Waals surface area (Å²) in [5, 5.41) is 10.3. The molecule has 0 saturated heterocycles.